The average molecular weight is 280 g/mol. The monoisotopic (exact) mass is 280 g/mol. The molecule has 4 nitrogen and oxygen atoms in total. The molecule has 0 amide bonds. The SMILES string of the molecule is CC(C)c1cn(Cc2c(F)cccc2F)c(=O)[nH]c1=O. The number of rotatable bonds is 3. The van der Waals surface area contributed by atoms with Gasteiger partial charge in [0, 0.05) is 17.3 Å². The molecule has 106 valence electrons. The summed E-state index contributed by atoms with van der Waals surface area (Å²) in [5.41, 5.74) is -0.991. The number of benzene rings is 1. The summed E-state index contributed by atoms with van der Waals surface area (Å²) >= 11 is 0. The quantitative estimate of drug-likeness (QED) is 0.934. The third-order valence-corrected chi connectivity index (χ3v) is 3.05. The second kappa shape index (κ2) is 5.40. The Hall–Kier alpha value is -2.24. The summed E-state index contributed by atoms with van der Waals surface area (Å²) in [6.45, 7) is 3.32. The molecule has 0 unspecified atom stereocenters. The van der Waals surface area contributed by atoms with Gasteiger partial charge in [0.2, 0.25) is 0 Å². The second-order valence-electron chi connectivity index (χ2n) is 4.83. The van der Waals surface area contributed by atoms with Crippen LogP contribution in [-0.4, -0.2) is 9.55 Å². The van der Waals surface area contributed by atoms with E-state index in [0.717, 1.165) is 16.7 Å². The van der Waals surface area contributed by atoms with Crippen molar-refractivity contribution in [1.82, 2.24) is 9.55 Å². The molecule has 0 radical (unpaired) electrons. The van der Waals surface area contributed by atoms with E-state index in [0.29, 0.717) is 5.56 Å². The zero-order valence-electron chi connectivity index (χ0n) is 11.1. The summed E-state index contributed by atoms with van der Waals surface area (Å²) in [7, 11) is 0. The third kappa shape index (κ3) is 2.68. The fourth-order valence-electron chi connectivity index (χ4n) is 1.91. The van der Waals surface area contributed by atoms with Crippen LogP contribution in [0.2, 0.25) is 0 Å². The van der Waals surface area contributed by atoms with Gasteiger partial charge in [-0.15, -0.1) is 0 Å². The van der Waals surface area contributed by atoms with Crippen LogP contribution in [0, 0.1) is 11.6 Å². The molecular weight excluding hydrogens is 266 g/mol. The van der Waals surface area contributed by atoms with Crippen LogP contribution in [0.15, 0.2) is 34.0 Å². The molecule has 0 spiro atoms. The molecule has 1 N–H and O–H groups in total. The third-order valence-electron chi connectivity index (χ3n) is 3.05. The lowest BCUT2D eigenvalue weighted by molar-refractivity contribution is 0.537. The molecule has 0 aliphatic heterocycles. The summed E-state index contributed by atoms with van der Waals surface area (Å²) in [5, 5.41) is 0. The lowest BCUT2D eigenvalue weighted by Crippen LogP contribution is -2.32. The standard InChI is InChI=1S/C14H14F2N2O2/c1-8(2)9-6-18(14(20)17-13(9)19)7-10-11(15)4-3-5-12(10)16/h3-6,8H,7H2,1-2H3,(H,17,19,20). The lowest BCUT2D eigenvalue weighted by atomic mass is 10.1. The van der Waals surface area contributed by atoms with E-state index in [1.54, 1.807) is 13.8 Å². The first-order valence-electron chi connectivity index (χ1n) is 6.16. The molecule has 2 rings (SSSR count). The van der Waals surface area contributed by atoms with E-state index in [1.165, 1.54) is 12.3 Å². The molecule has 0 aliphatic rings. The van der Waals surface area contributed by atoms with Gasteiger partial charge in [-0.1, -0.05) is 19.9 Å². The maximum atomic E-state index is 13.6. The number of hydrogen-bond donors (Lipinski definition) is 1. The molecule has 0 atom stereocenters. The Balaban J connectivity index is 2.52. The van der Waals surface area contributed by atoms with Crippen molar-refractivity contribution in [2.45, 2.75) is 26.3 Å². The van der Waals surface area contributed by atoms with Crippen molar-refractivity contribution >= 4 is 0 Å². The van der Waals surface area contributed by atoms with Crippen molar-refractivity contribution in [1.29, 1.82) is 0 Å². The zero-order valence-corrected chi connectivity index (χ0v) is 11.1. The fourth-order valence-corrected chi connectivity index (χ4v) is 1.91. The predicted octanol–water partition coefficient (Wildman–Crippen LogP) is 1.99. The van der Waals surface area contributed by atoms with Gasteiger partial charge in [-0.05, 0) is 18.1 Å². The molecule has 0 fully saturated rings. The Morgan fingerprint density at radius 3 is 2.35 bits per heavy atom. The Bertz CT molecular complexity index is 727. The summed E-state index contributed by atoms with van der Waals surface area (Å²) in [4.78, 5) is 25.5. The highest BCUT2D eigenvalue weighted by Gasteiger charge is 2.12. The van der Waals surface area contributed by atoms with Gasteiger partial charge >= 0.3 is 5.69 Å². The molecule has 6 heteroatoms. The molecule has 1 aromatic heterocycles. The number of hydrogen-bond acceptors (Lipinski definition) is 2. The van der Waals surface area contributed by atoms with Gasteiger partial charge in [0.25, 0.3) is 5.56 Å². The van der Waals surface area contributed by atoms with Crippen molar-refractivity contribution in [2.75, 3.05) is 0 Å². The summed E-state index contributed by atoms with van der Waals surface area (Å²) in [6, 6.07) is 3.50. The highest BCUT2D eigenvalue weighted by Crippen LogP contribution is 2.13. The van der Waals surface area contributed by atoms with Crippen molar-refractivity contribution in [3.63, 3.8) is 0 Å². The van der Waals surface area contributed by atoms with Gasteiger partial charge in [0.1, 0.15) is 11.6 Å². The van der Waals surface area contributed by atoms with Crippen LogP contribution >= 0.6 is 0 Å². The summed E-state index contributed by atoms with van der Waals surface area (Å²) in [5.74, 6) is -1.56. The van der Waals surface area contributed by atoms with Gasteiger partial charge < -0.3 is 0 Å². The highest BCUT2D eigenvalue weighted by atomic mass is 19.1. The molecule has 1 heterocycles. The van der Waals surface area contributed by atoms with E-state index in [2.05, 4.69) is 4.98 Å². The van der Waals surface area contributed by atoms with E-state index >= 15 is 0 Å². The van der Waals surface area contributed by atoms with Gasteiger partial charge in [-0.3, -0.25) is 14.3 Å². The molecule has 1 aromatic carbocycles. The zero-order chi connectivity index (χ0) is 14.9. The summed E-state index contributed by atoms with van der Waals surface area (Å²) in [6.07, 6.45) is 1.34. The van der Waals surface area contributed by atoms with Crippen LogP contribution in [-0.2, 0) is 6.54 Å². The van der Waals surface area contributed by atoms with Gasteiger partial charge in [0.15, 0.2) is 0 Å². The van der Waals surface area contributed by atoms with E-state index in [1.807, 2.05) is 0 Å². The summed E-state index contributed by atoms with van der Waals surface area (Å²) < 4.78 is 28.3. The van der Waals surface area contributed by atoms with Gasteiger partial charge in [0.05, 0.1) is 6.54 Å². The first kappa shape index (κ1) is 14.2. The topological polar surface area (TPSA) is 54.9 Å². The minimum Gasteiger partial charge on any atom is -0.296 e. The molecule has 0 bridgehead atoms. The molecule has 2 aromatic rings. The largest absolute Gasteiger partial charge is 0.328 e. The Kier molecular flexibility index (Phi) is 3.83. The van der Waals surface area contributed by atoms with E-state index in [9.17, 15) is 18.4 Å². The van der Waals surface area contributed by atoms with Crippen LogP contribution in [0.4, 0.5) is 8.78 Å². The highest BCUT2D eigenvalue weighted by molar-refractivity contribution is 5.20. The van der Waals surface area contributed by atoms with Crippen LogP contribution < -0.4 is 11.2 Å². The van der Waals surface area contributed by atoms with E-state index < -0.39 is 22.9 Å². The number of H-pyrrole nitrogens is 1. The van der Waals surface area contributed by atoms with E-state index in [-0.39, 0.29) is 18.0 Å². The Morgan fingerprint density at radius 2 is 1.80 bits per heavy atom. The van der Waals surface area contributed by atoms with Crippen molar-refractivity contribution in [3.8, 4) is 0 Å². The van der Waals surface area contributed by atoms with Crippen molar-refractivity contribution < 1.29 is 8.78 Å². The molecule has 0 aliphatic carbocycles. The van der Waals surface area contributed by atoms with Crippen LogP contribution in [0.25, 0.3) is 0 Å². The second-order valence-corrected chi connectivity index (χ2v) is 4.83. The Morgan fingerprint density at radius 1 is 1.20 bits per heavy atom. The van der Waals surface area contributed by atoms with Gasteiger partial charge in [-0.25, -0.2) is 13.6 Å². The van der Waals surface area contributed by atoms with E-state index in [4.69, 9.17) is 0 Å². The molecular formula is C14H14F2N2O2. The number of nitrogens with zero attached hydrogens (tertiary/aromatic N) is 1. The number of nitrogens with one attached hydrogen (secondary N) is 1. The first-order chi connectivity index (χ1) is 9.40. The number of aromatic amines is 1. The first-order valence-corrected chi connectivity index (χ1v) is 6.16. The molecule has 20 heavy (non-hydrogen) atoms. The minimum absolute atomic E-state index is 0.101. The Labute approximate surface area is 113 Å². The molecule has 0 saturated carbocycles. The lowest BCUT2D eigenvalue weighted by Gasteiger charge is -2.10. The minimum atomic E-state index is -0.728. The van der Waals surface area contributed by atoms with Crippen LogP contribution in [0.1, 0.15) is 30.9 Å². The van der Waals surface area contributed by atoms with Crippen LogP contribution in [0.5, 0.6) is 0 Å². The maximum Gasteiger partial charge on any atom is 0.328 e. The normalized spacial score (nSPS) is 11.1. The molecule has 0 saturated heterocycles. The van der Waals surface area contributed by atoms with Crippen molar-refractivity contribution in [2.24, 2.45) is 0 Å². The van der Waals surface area contributed by atoms with Crippen molar-refractivity contribution in [3.05, 3.63) is 68.0 Å². The number of halogens is 2. The maximum absolute atomic E-state index is 13.6. The van der Waals surface area contributed by atoms with Crippen LogP contribution in [0.3, 0.4) is 0 Å². The smallest absolute Gasteiger partial charge is 0.296 e. The van der Waals surface area contributed by atoms with Gasteiger partial charge in [-0.2, -0.15) is 0 Å². The fraction of sp³-hybridized carbons (Fsp3) is 0.286. The average Bonchev–Trinajstić information content (AvgIpc) is 2.35. The predicted molar refractivity (Wildman–Crippen MR) is 70.9 cm³/mol. The number of aromatic nitrogens is 2.